The topological polar surface area (TPSA) is 59.2 Å². The monoisotopic (exact) mass is 425 g/mol. The first-order chi connectivity index (χ1) is 15.4. The Labute approximate surface area is 188 Å². The van der Waals surface area contributed by atoms with Gasteiger partial charge in [0.15, 0.2) is 0 Å². The highest BCUT2D eigenvalue weighted by molar-refractivity contribution is 5.87. The fourth-order valence-corrected chi connectivity index (χ4v) is 3.73. The second kappa shape index (κ2) is 9.18. The minimum atomic E-state index is -0.444. The van der Waals surface area contributed by atoms with Gasteiger partial charge in [-0.1, -0.05) is 96.2 Å². The van der Waals surface area contributed by atoms with Gasteiger partial charge in [-0.3, -0.25) is 4.79 Å². The number of carbonyl (C=O) groups is 1. The molecule has 4 rings (SSSR count). The van der Waals surface area contributed by atoms with E-state index in [0.29, 0.717) is 11.7 Å². The third-order valence-electron chi connectivity index (χ3n) is 5.38. The second-order valence-corrected chi connectivity index (χ2v) is 8.73. The number of benzene rings is 3. The predicted octanol–water partition coefficient (Wildman–Crippen LogP) is 5.70. The zero-order valence-electron chi connectivity index (χ0n) is 18.6. The van der Waals surface area contributed by atoms with E-state index in [1.807, 2.05) is 117 Å². The van der Waals surface area contributed by atoms with Crippen LogP contribution in [0.25, 0.3) is 11.4 Å². The van der Waals surface area contributed by atoms with Gasteiger partial charge in [0.2, 0.25) is 17.6 Å². The summed E-state index contributed by atoms with van der Waals surface area (Å²) in [5.41, 5.74) is 2.34. The molecule has 0 spiro atoms. The van der Waals surface area contributed by atoms with Crippen LogP contribution in [0.5, 0.6) is 0 Å². The Morgan fingerprint density at radius 3 is 1.84 bits per heavy atom. The van der Waals surface area contributed by atoms with E-state index < -0.39 is 11.5 Å². The van der Waals surface area contributed by atoms with Crippen molar-refractivity contribution in [1.82, 2.24) is 15.0 Å². The average Bonchev–Trinajstić information content (AvgIpc) is 3.28. The van der Waals surface area contributed by atoms with Crippen LogP contribution < -0.4 is 0 Å². The Morgan fingerprint density at radius 2 is 1.34 bits per heavy atom. The molecular weight excluding hydrogens is 398 g/mol. The molecule has 0 saturated carbocycles. The smallest absolute Gasteiger partial charge is 0.246 e. The normalized spacial score (nSPS) is 11.5. The van der Waals surface area contributed by atoms with Crippen LogP contribution in [-0.2, 0) is 11.3 Å². The largest absolute Gasteiger partial charge is 0.337 e. The molecule has 3 aromatic carbocycles. The van der Waals surface area contributed by atoms with Crippen LogP contribution in [0.4, 0.5) is 0 Å². The Balaban J connectivity index is 1.68. The van der Waals surface area contributed by atoms with E-state index in [9.17, 15) is 4.79 Å². The van der Waals surface area contributed by atoms with Crippen LogP contribution in [0.1, 0.15) is 43.7 Å². The molecule has 0 radical (unpaired) electrons. The first kappa shape index (κ1) is 21.5. The third kappa shape index (κ3) is 4.78. The van der Waals surface area contributed by atoms with Crippen LogP contribution in [0.15, 0.2) is 95.5 Å². The van der Waals surface area contributed by atoms with E-state index in [1.165, 1.54) is 0 Å². The Bertz CT molecular complexity index is 1110. The van der Waals surface area contributed by atoms with Crippen LogP contribution >= 0.6 is 0 Å². The summed E-state index contributed by atoms with van der Waals surface area (Å²) >= 11 is 0. The minimum Gasteiger partial charge on any atom is -0.337 e. The van der Waals surface area contributed by atoms with Crippen LogP contribution in [-0.4, -0.2) is 26.5 Å². The molecule has 0 atom stereocenters. The van der Waals surface area contributed by atoms with Gasteiger partial charge in [0, 0.05) is 11.1 Å². The zero-order valence-corrected chi connectivity index (χ0v) is 18.6. The SMILES string of the molecule is CC(C)(C)N(Cc1nc(-c2ccccc2)no1)C(=O)C(c1ccccc1)c1ccccc1. The minimum absolute atomic E-state index is 0.00522. The molecule has 32 heavy (non-hydrogen) atoms. The van der Waals surface area contributed by atoms with Gasteiger partial charge in [-0.05, 0) is 31.9 Å². The van der Waals surface area contributed by atoms with Gasteiger partial charge in [0.05, 0.1) is 5.92 Å². The van der Waals surface area contributed by atoms with Crippen molar-refractivity contribution < 1.29 is 9.32 Å². The molecule has 0 N–H and O–H groups in total. The van der Waals surface area contributed by atoms with E-state index in [2.05, 4.69) is 10.1 Å². The van der Waals surface area contributed by atoms with Crippen LogP contribution in [0, 0.1) is 0 Å². The molecule has 1 amide bonds. The summed E-state index contributed by atoms with van der Waals surface area (Å²) in [5.74, 6) is 0.499. The maximum Gasteiger partial charge on any atom is 0.246 e. The van der Waals surface area contributed by atoms with Crippen molar-refractivity contribution in [3.05, 3.63) is 108 Å². The fourth-order valence-electron chi connectivity index (χ4n) is 3.73. The van der Waals surface area contributed by atoms with Gasteiger partial charge in [-0.2, -0.15) is 4.98 Å². The number of aromatic nitrogens is 2. The summed E-state index contributed by atoms with van der Waals surface area (Å²) in [6.07, 6.45) is 0. The number of carbonyl (C=O) groups excluding carboxylic acids is 1. The summed E-state index contributed by atoms with van der Waals surface area (Å²) in [5, 5.41) is 4.12. The van der Waals surface area contributed by atoms with Gasteiger partial charge in [-0.15, -0.1) is 0 Å². The molecule has 0 aliphatic rings. The van der Waals surface area contributed by atoms with E-state index in [4.69, 9.17) is 4.52 Å². The molecule has 0 saturated heterocycles. The van der Waals surface area contributed by atoms with Crippen molar-refractivity contribution in [3.8, 4) is 11.4 Å². The van der Waals surface area contributed by atoms with Gasteiger partial charge in [0.1, 0.15) is 6.54 Å². The van der Waals surface area contributed by atoms with Crippen molar-refractivity contribution in [2.75, 3.05) is 0 Å². The average molecular weight is 426 g/mol. The van der Waals surface area contributed by atoms with Crippen molar-refractivity contribution in [1.29, 1.82) is 0 Å². The highest BCUT2D eigenvalue weighted by Crippen LogP contribution is 2.31. The first-order valence-electron chi connectivity index (χ1n) is 10.7. The van der Waals surface area contributed by atoms with E-state index in [1.54, 1.807) is 0 Å². The number of amides is 1. The Morgan fingerprint density at radius 1 is 0.844 bits per heavy atom. The van der Waals surface area contributed by atoms with E-state index in [-0.39, 0.29) is 12.5 Å². The van der Waals surface area contributed by atoms with Crippen molar-refractivity contribution in [2.24, 2.45) is 0 Å². The summed E-state index contributed by atoms with van der Waals surface area (Å²) < 4.78 is 5.53. The molecule has 5 nitrogen and oxygen atoms in total. The van der Waals surface area contributed by atoms with E-state index in [0.717, 1.165) is 16.7 Å². The quantitative estimate of drug-likeness (QED) is 0.398. The summed E-state index contributed by atoms with van der Waals surface area (Å²) in [4.78, 5) is 20.4. The predicted molar refractivity (Wildman–Crippen MR) is 125 cm³/mol. The second-order valence-electron chi connectivity index (χ2n) is 8.73. The number of hydrogen-bond acceptors (Lipinski definition) is 4. The standard InChI is InChI=1S/C27H27N3O2/c1-27(2,3)30(19-23-28-25(29-32-23)22-17-11-6-12-18-22)26(31)24(20-13-7-4-8-14-20)21-15-9-5-10-16-21/h4-18,24H,19H2,1-3H3. The molecular formula is C27H27N3O2. The van der Waals surface area contributed by atoms with Gasteiger partial charge < -0.3 is 9.42 Å². The first-order valence-corrected chi connectivity index (χ1v) is 10.7. The Kier molecular flexibility index (Phi) is 6.17. The lowest BCUT2D eigenvalue weighted by molar-refractivity contribution is -0.138. The van der Waals surface area contributed by atoms with Crippen molar-refractivity contribution in [3.63, 3.8) is 0 Å². The molecule has 1 heterocycles. The molecule has 162 valence electrons. The molecule has 0 aliphatic heterocycles. The summed E-state index contributed by atoms with van der Waals surface area (Å²) in [6.45, 7) is 6.30. The molecule has 0 aliphatic carbocycles. The number of rotatable bonds is 6. The molecule has 0 bridgehead atoms. The van der Waals surface area contributed by atoms with Crippen molar-refractivity contribution >= 4 is 5.91 Å². The van der Waals surface area contributed by atoms with Crippen LogP contribution in [0.2, 0.25) is 0 Å². The van der Waals surface area contributed by atoms with E-state index >= 15 is 0 Å². The van der Waals surface area contributed by atoms with Gasteiger partial charge >= 0.3 is 0 Å². The van der Waals surface area contributed by atoms with Crippen LogP contribution in [0.3, 0.4) is 0 Å². The molecule has 1 aromatic heterocycles. The van der Waals surface area contributed by atoms with Crippen molar-refractivity contribution in [2.45, 2.75) is 38.8 Å². The number of hydrogen-bond donors (Lipinski definition) is 0. The molecule has 4 aromatic rings. The highest BCUT2D eigenvalue weighted by Gasteiger charge is 2.34. The fraction of sp³-hybridized carbons (Fsp3) is 0.222. The Hall–Kier alpha value is -3.73. The zero-order chi connectivity index (χ0) is 22.6. The van der Waals surface area contributed by atoms with Gasteiger partial charge in [0.25, 0.3) is 0 Å². The lowest BCUT2D eigenvalue weighted by Gasteiger charge is -2.37. The lowest BCUT2D eigenvalue weighted by Crippen LogP contribution is -2.47. The maximum absolute atomic E-state index is 14.0. The molecule has 0 unspecified atom stereocenters. The molecule has 5 heteroatoms. The summed E-state index contributed by atoms with van der Waals surface area (Å²) in [7, 11) is 0. The molecule has 0 fully saturated rings. The summed E-state index contributed by atoms with van der Waals surface area (Å²) in [6, 6.07) is 29.4. The highest BCUT2D eigenvalue weighted by atomic mass is 16.5. The lowest BCUT2D eigenvalue weighted by atomic mass is 9.88. The maximum atomic E-state index is 14.0. The number of nitrogens with zero attached hydrogens (tertiary/aromatic N) is 3. The third-order valence-corrected chi connectivity index (χ3v) is 5.38. The van der Waals surface area contributed by atoms with Gasteiger partial charge in [-0.25, -0.2) is 0 Å².